The Morgan fingerprint density at radius 2 is 1.79 bits per heavy atom. The molecule has 0 saturated carbocycles. The van der Waals surface area contributed by atoms with Gasteiger partial charge in [0.25, 0.3) is 5.56 Å². The number of allylic oxidation sites excluding steroid dienone is 1. The molecule has 0 aliphatic carbocycles. The molecule has 6 N–H and O–H groups in total. The summed E-state index contributed by atoms with van der Waals surface area (Å²) in [6.45, 7) is 3.50. The van der Waals surface area contributed by atoms with Crippen LogP contribution in [0.2, 0.25) is 0 Å². The van der Waals surface area contributed by atoms with Crippen molar-refractivity contribution < 1.29 is 19.3 Å². The minimum atomic E-state index is -0.670. The number of hydrogen-bond acceptors (Lipinski definition) is 9. The minimum Gasteiger partial charge on any atom is -0.399 e. The van der Waals surface area contributed by atoms with Gasteiger partial charge in [-0.25, -0.2) is 4.79 Å². The van der Waals surface area contributed by atoms with Crippen LogP contribution in [0.4, 0.5) is 11.6 Å². The van der Waals surface area contributed by atoms with Crippen molar-refractivity contribution in [3.8, 4) is 0 Å². The van der Waals surface area contributed by atoms with Crippen molar-refractivity contribution in [2.45, 2.75) is 43.8 Å². The van der Waals surface area contributed by atoms with Crippen molar-refractivity contribution in [1.29, 1.82) is 0 Å². The van der Waals surface area contributed by atoms with Gasteiger partial charge in [0.2, 0.25) is 5.95 Å². The van der Waals surface area contributed by atoms with Crippen molar-refractivity contribution in [3.05, 3.63) is 63.3 Å². The van der Waals surface area contributed by atoms with E-state index in [-0.39, 0.29) is 36.8 Å². The maximum absolute atomic E-state index is 13.1. The smallest absolute Gasteiger partial charge is 0.330 e. The third-order valence-corrected chi connectivity index (χ3v) is 5.91. The molecule has 2 fully saturated rings. The zero-order valence-electron chi connectivity index (χ0n) is 17.6. The number of aromatic nitrogens is 4. The van der Waals surface area contributed by atoms with Gasteiger partial charge in [0, 0.05) is 17.8 Å². The molecule has 1 aromatic carbocycles. The molecule has 2 saturated heterocycles. The van der Waals surface area contributed by atoms with E-state index in [1.165, 1.54) is 15.2 Å². The summed E-state index contributed by atoms with van der Waals surface area (Å²) in [5.41, 5.74) is 12.1. The number of hydrogen-bond donors (Lipinski definition) is 4. The molecule has 5 atom stereocenters. The number of aliphatic hydroxyl groups excluding tert-OH is 1. The maximum Gasteiger partial charge on any atom is 0.330 e. The van der Waals surface area contributed by atoms with Crippen LogP contribution in [-0.2, 0) is 27.3 Å². The number of rotatable bonds is 6. The van der Waals surface area contributed by atoms with Crippen LogP contribution in [0.25, 0.3) is 11.2 Å². The first-order chi connectivity index (χ1) is 15.9. The summed E-state index contributed by atoms with van der Waals surface area (Å²) in [6.07, 6.45) is -1.55. The first-order valence-electron chi connectivity index (χ1n) is 10.4. The highest BCUT2D eigenvalue weighted by Gasteiger charge is 2.52. The number of H-pyrrole nitrogens is 1. The van der Waals surface area contributed by atoms with E-state index in [1.807, 2.05) is 0 Å². The second-order valence-electron chi connectivity index (χ2n) is 8.01. The van der Waals surface area contributed by atoms with Crippen LogP contribution in [0, 0.1) is 0 Å². The number of nitrogen functional groups attached to an aromatic ring is 2. The molecule has 0 amide bonds. The van der Waals surface area contributed by atoms with Gasteiger partial charge in [0.05, 0.1) is 13.2 Å². The molecule has 0 radical (unpaired) electrons. The number of benzene rings is 1. The molecule has 3 aromatic rings. The van der Waals surface area contributed by atoms with Gasteiger partial charge in [-0.15, -0.1) is 6.58 Å². The number of nitrogens with zero attached hydrogens (tertiary/aromatic N) is 3. The van der Waals surface area contributed by atoms with Crippen molar-refractivity contribution in [2.75, 3.05) is 18.1 Å². The minimum absolute atomic E-state index is 0.0187. The summed E-state index contributed by atoms with van der Waals surface area (Å²) in [5, 5.41) is 9.83. The van der Waals surface area contributed by atoms with E-state index in [0.29, 0.717) is 5.69 Å². The number of imidazole rings is 1. The lowest BCUT2D eigenvalue weighted by Gasteiger charge is -2.20. The predicted molar refractivity (Wildman–Crippen MR) is 118 cm³/mol. The van der Waals surface area contributed by atoms with Crippen LogP contribution in [-0.4, -0.2) is 55.2 Å². The number of aliphatic hydroxyl groups is 1. The monoisotopic (exact) mass is 456 g/mol. The molecule has 2 aliphatic rings. The highest BCUT2D eigenvalue weighted by atomic mass is 16.8. The van der Waals surface area contributed by atoms with Crippen molar-refractivity contribution in [2.24, 2.45) is 0 Å². The summed E-state index contributed by atoms with van der Waals surface area (Å²) in [5.74, 6) is -0.112. The summed E-state index contributed by atoms with van der Waals surface area (Å²) in [4.78, 5) is 32.2. The van der Waals surface area contributed by atoms with Crippen LogP contribution >= 0.6 is 0 Å². The highest BCUT2D eigenvalue weighted by molar-refractivity contribution is 5.71. The fraction of sp³-hybridized carbons (Fsp3) is 0.381. The molecule has 0 bridgehead atoms. The molecule has 33 heavy (non-hydrogen) atoms. The van der Waals surface area contributed by atoms with Gasteiger partial charge in [-0.1, -0.05) is 18.2 Å². The summed E-state index contributed by atoms with van der Waals surface area (Å²) in [6, 6.07) is 7.10. The zero-order chi connectivity index (χ0) is 23.3. The van der Waals surface area contributed by atoms with Gasteiger partial charge in [-0.2, -0.15) is 4.98 Å². The summed E-state index contributed by atoms with van der Waals surface area (Å²) in [7, 11) is 0. The molecule has 2 aliphatic heterocycles. The molecule has 12 nitrogen and oxygen atoms in total. The van der Waals surface area contributed by atoms with Crippen LogP contribution in [0.5, 0.6) is 0 Å². The van der Waals surface area contributed by atoms with Crippen molar-refractivity contribution in [3.63, 3.8) is 0 Å². The van der Waals surface area contributed by atoms with Gasteiger partial charge in [-0.05, 0) is 12.1 Å². The van der Waals surface area contributed by atoms with E-state index in [1.54, 1.807) is 24.3 Å². The lowest BCUT2D eigenvalue weighted by atomic mass is 10.1. The number of nitrogens with two attached hydrogens (primary N) is 2. The average molecular weight is 456 g/mol. The molecule has 2 aromatic heterocycles. The Morgan fingerprint density at radius 1 is 1.09 bits per heavy atom. The Bertz CT molecular complexity index is 1310. The Kier molecular flexibility index (Phi) is 5.29. The SMILES string of the molecule is C=CCn1c(=O)n(CC2OC(CO)C3OC(c4ccc(N)cc4)OC23)c2nc(N)[nH]c(=O)c21. The van der Waals surface area contributed by atoms with E-state index >= 15 is 0 Å². The number of nitrogens with one attached hydrogen (secondary N) is 1. The lowest BCUT2D eigenvalue weighted by Crippen LogP contribution is -2.35. The topological polar surface area (TPSA) is 173 Å². The number of anilines is 2. The Morgan fingerprint density at radius 3 is 2.45 bits per heavy atom. The molecular weight excluding hydrogens is 432 g/mol. The third-order valence-electron chi connectivity index (χ3n) is 5.91. The van der Waals surface area contributed by atoms with Gasteiger partial charge in [0.15, 0.2) is 17.5 Å². The molecule has 5 rings (SSSR count). The van der Waals surface area contributed by atoms with Gasteiger partial charge in [-0.3, -0.25) is 18.9 Å². The molecular formula is C21H24N6O6. The second kappa shape index (κ2) is 8.15. The average Bonchev–Trinajstić information content (AvgIpc) is 3.42. The number of ether oxygens (including phenoxy) is 3. The van der Waals surface area contributed by atoms with Crippen LogP contribution in [0.15, 0.2) is 46.5 Å². The fourth-order valence-electron chi connectivity index (χ4n) is 4.43. The van der Waals surface area contributed by atoms with Crippen LogP contribution in [0.3, 0.4) is 0 Å². The van der Waals surface area contributed by atoms with E-state index in [0.717, 1.165) is 5.56 Å². The second-order valence-corrected chi connectivity index (χ2v) is 8.01. The lowest BCUT2D eigenvalue weighted by molar-refractivity contribution is -0.140. The van der Waals surface area contributed by atoms with E-state index in [9.17, 15) is 14.7 Å². The largest absolute Gasteiger partial charge is 0.399 e. The first kappa shape index (κ1) is 21.4. The molecule has 5 unspecified atom stereocenters. The quantitative estimate of drug-likeness (QED) is 0.281. The van der Waals surface area contributed by atoms with Gasteiger partial charge < -0.3 is 30.8 Å². The molecule has 174 valence electrons. The van der Waals surface area contributed by atoms with Crippen LogP contribution in [0.1, 0.15) is 11.9 Å². The van der Waals surface area contributed by atoms with E-state index < -0.39 is 42.0 Å². The standard InChI is InChI=1S/C21H24N6O6/c1-2-7-26-14-17(24-20(23)25-18(14)29)27(21(26)30)8-12-15-16(13(9-28)31-12)33-19(32-15)10-3-5-11(22)6-4-10/h2-6,12-13,15-16,19,28H,1,7-9,22H2,(H3,23,24,25,29). The highest BCUT2D eigenvalue weighted by Crippen LogP contribution is 2.40. The normalized spacial score (nSPS) is 26.6. The maximum atomic E-state index is 13.1. The van der Waals surface area contributed by atoms with Crippen molar-refractivity contribution in [1.82, 2.24) is 19.1 Å². The molecule has 4 heterocycles. The first-order valence-corrected chi connectivity index (χ1v) is 10.4. The predicted octanol–water partition coefficient (Wildman–Crippen LogP) is -0.521. The van der Waals surface area contributed by atoms with E-state index in [4.69, 9.17) is 25.7 Å². The van der Waals surface area contributed by atoms with Gasteiger partial charge in [0.1, 0.15) is 24.4 Å². The van der Waals surface area contributed by atoms with E-state index in [2.05, 4.69) is 16.5 Å². The molecule has 12 heteroatoms. The van der Waals surface area contributed by atoms with Crippen molar-refractivity contribution >= 4 is 22.8 Å². The summed E-state index contributed by atoms with van der Waals surface area (Å²) >= 11 is 0. The van der Waals surface area contributed by atoms with Crippen LogP contribution < -0.4 is 22.7 Å². The third kappa shape index (κ3) is 3.53. The Labute approximate surface area is 187 Å². The Balaban J connectivity index is 1.50. The molecule has 0 spiro atoms. The van der Waals surface area contributed by atoms with Gasteiger partial charge >= 0.3 is 5.69 Å². The number of fused-ring (bicyclic) bond motifs is 2. The fourth-order valence-corrected chi connectivity index (χ4v) is 4.43. The zero-order valence-corrected chi connectivity index (χ0v) is 17.6. The Hall–Kier alpha value is -3.45. The number of aromatic amines is 1. The summed E-state index contributed by atoms with van der Waals surface area (Å²) < 4.78 is 20.7.